The van der Waals surface area contributed by atoms with Crippen LogP contribution in [0.25, 0.3) is 11.2 Å². The lowest BCUT2D eigenvalue weighted by atomic mass is 9.72. The number of nitrogens with one attached hydrogen (secondary N) is 1. The molecule has 3 aliphatic rings. The maximum atomic E-state index is 13.0. The van der Waals surface area contributed by atoms with Crippen molar-refractivity contribution in [1.29, 1.82) is 0 Å². The maximum absolute atomic E-state index is 13.0. The van der Waals surface area contributed by atoms with Gasteiger partial charge in [-0.15, -0.1) is 0 Å². The van der Waals surface area contributed by atoms with Crippen LogP contribution in [0.1, 0.15) is 76.3 Å². The van der Waals surface area contributed by atoms with Crippen molar-refractivity contribution in [3.63, 3.8) is 0 Å². The molecule has 1 aliphatic carbocycles. The molecular weight excluding hydrogens is 624 g/mol. The van der Waals surface area contributed by atoms with E-state index in [1.807, 2.05) is 43.8 Å². The Kier molecular flexibility index (Phi) is 8.23. The summed E-state index contributed by atoms with van der Waals surface area (Å²) in [6.45, 7) is 7.91. The number of fused-ring (bicyclic) bond motifs is 2. The molecule has 4 aromatic rings. The summed E-state index contributed by atoms with van der Waals surface area (Å²) in [5.41, 5.74) is 9.14. The zero-order chi connectivity index (χ0) is 32.1. The summed E-state index contributed by atoms with van der Waals surface area (Å²) >= 11 is 7.88. The van der Waals surface area contributed by atoms with Gasteiger partial charge in [0.05, 0.1) is 17.3 Å². The second-order valence-corrected chi connectivity index (χ2v) is 14.8. The third-order valence-corrected chi connectivity index (χ3v) is 10.7. The first-order chi connectivity index (χ1) is 22.1. The van der Waals surface area contributed by atoms with Crippen LogP contribution in [0.4, 0.5) is 16.4 Å². The van der Waals surface area contributed by atoms with Gasteiger partial charge in [-0.05, 0) is 76.5 Å². The van der Waals surface area contributed by atoms with Gasteiger partial charge in [0.1, 0.15) is 22.8 Å². The molecule has 5 heterocycles. The molecule has 1 aromatic carbocycles. The van der Waals surface area contributed by atoms with Gasteiger partial charge in [0.25, 0.3) is 0 Å². The zero-order valence-corrected chi connectivity index (χ0v) is 27.9. The molecule has 2 unspecified atom stereocenters. The van der Waals surface area contributed by atoms with Crippen LogP contribution >= 0.6 is 23.4 Å². The topological polar surface area (TPSA) is 133 Å². The predicted octanol–water partition coefficient (Wildman–Crippen LogP) is 6.72. The first-order valence-corrected chi connectivity index (χ1v) is 17.1. The lowest BCUT2D eigenvalue weighted by molar-refractivity contribution is -0.0376. The number of aromatic nitrogens is 5. The van der Waals surface area contributed by atoms with E-state index in [-0.39, 0.29) is 29.6 Å². The summed E-state index contributed by atoms with van der Waals surface area (Å²) in [6, 6.07) is 10.1. The Labute approximate surface area is 277 Å². The van der Waals surface area contributed by atoms with Crippen molar-refractivity contribution >= 4 is 52.3 Å². The lowest BCUT2D eigenvalue weighted by Crippen LogP contribution is -2.48. The Hall–Kier alpha value is -3.61. The Morgan fingerprint density at radius 2 is 1.98 bits per heavy atom. The number of amides is 1. The molecule has 0 saturated carbocycles. The van der Waals surface area contributed by atoms with Crippen LogP contribution in [0.3, 0.4) is 0 Å². The number of hydrogen-bond acceptors (Lipinski definition) is 10. The smallest absolute Gasteiger partial charge is 0.408 e. The van der Waals surface area contributed by atoms with Gasteiger partial charge >= 0.3 is 6.09 Å². The van der Waals surface area contributed by atoms with Crippen molar-refractivity contribution in [2.45, 2.75) is 87.1 Å². The molecule has 46 heavy (non-hydrogen) atoms. The average Bonchev–Trinajstić information content (AvgIpc) is 3.54. The molecule has 13 heteroatoms. The minimum Gasteiger partial charge on any atom is -0.444 e. The van der Waals surface area contributed by atoms with E-state index in [1.54, 1.807) is 6.20 Å². The zero-order valence-electron chi connectivity index (χ0n) is 26.3. The summed E-state index contributed by atoms with van der Waals surface area (Å²) in [7, 11) is 0. The van der Waals surface area contributed by atoms with Crippen molar-refractivity contribution in [1.82, 2.24) is 30.0 Å². The maximum Gasteiger partial charge on any atom is 0.408 e. The highest BCUT2D eigenvalue weighted by atomic mass is 35.5. The molecule has 3 aromatic heterocycles. The van der Waals surface area contributed by atoms with Crippen molar-refractivity contribution in [3.8, 4) is 0 Å². The van der Waals surface area contributed by atoms with Gasteiger partial charge in [0.15, 0.2) is 16.9 Å². The second-order valence-electron chi connectivity index (χ2n) is 13.4. The number of benzene rings is 1. The van der Waals surface area contributed by atoms with E-state index in [0.29, 0.717) is 27.8 Å². The van der Waals surface area contributed by atoms with Crippen LogP contribution in [0.5, 0.6) is 0 Å². The Morgan fingerprint density at radius 1 is 1.17 bits per heavy atom. The van der Waals surface area contributed by atoms with E-state index < -0.39 is 5.60 Å². The summed E-state index contributed by atoms with van der Waals surface area (Å²) in [5, 5.41) is 9.28. The Balaban J connectivity index is 1.16. The lowest BCUT2D eigenvalue weighted by Gasteiger charge is -2.43. The quantitative estimate of drug-likeness (QED) is 0.237. The summed E-state index contributed by atoms with van der Waals surface area (Å²) in [6.07, 6.45) is 8.50. The number of anilines is 2. The fourth-order valence-electron chi connectivity index (χ4n) is 6.93. The average molecular weight is 663 g/mol. The number of alkyl carbamates (subject to hydrolysis) is 1. The van der Waals surface area contributed by atoms with Gasteiger partial charge in [0, 0.05) is 36.2 Å². The number of nitrogen functional groups attached to an aromatic ring is 1. The summed E-state index contributed by atoms with van der Waals surface area (Å²) < 4.78 is 13.7. The van der Waals surface area contributed by atoms with Gasteiger partial charge in [-0.25, -0.2) is 24.4 Å². The molecule has 2 aliphatic heterocycles. The van der Waals surface area contributed by atoms with Crippen molar-refractivity contribution in [2.24, 2.45) is 5.41 Å². The summed E-state index contributed by atoms with van der Waals surface area (Å²) in [4.78, 5) is 30.2. The SMILES string of the molecule is CC(C)(C)OC(=O)NC1c2ccccc2CC12CCN(c1cnc3c(Sc4ccnc(N)c4Cl)nn(C4CCCCO4)c3n1)CC2. The molecule has 242 valence electrons. The number of ether oxygens (including phenoxy) is 2. The molecule has 2 fully saturated rings. The molecule has 11 nitrogen and oxygen atoms in total. The standard InChI is InChI=1S/C33H39ClN8O3S/c1-32(2,3)45-31(43)39-27-21-9-5-4-8-20(21)18-33(27)12-15-41(16-13-33)23-19-37-26-29(38-23)42(24-10-6-7-17-44-24)40-30(26)46-22-11-14-36-28(35)25(22)34/h4-5,8-9,11,14,19,24,27H,6-7,10,12-13,15-18H2,1-3H3,(H2,35,36)(H,39,43). The Bertz CT molecular complexity index is 1760. The first-order valence-electron chi connectivity index (χ1n) is 15.9. The molecule has 1 amide bonds. The predicted molar refractivity (Wildman–Crippen MR) is 178 cm³/mol. The van der Waals surface area contributed by atoms with Gasteiger partial charge in [-0.2, -0.15) is 5.10 Å². The number of pyridine rings is 1. The number of carbonyl (C=O) groups excluding carboxylic acids is 1. The minimum atomic E-state index is -0.568. The fourth-order valence-corrected chi connectivity index (χ4v) is 8.06. The van der Waals surface area contributed by atoms with Gasteiger partial charge < -0.3 is 25.4 Å². The molecule has 7 rings (SSSR count). The van der Waals surface area contributed by atoms with E-state index in [4.69, 9.17) is 41.9 Å². The number of halogens is 1. The van der Waals surface area contributed by atoms with E-state index in [9.17, 15) is 4.79 Å². The third-order valence-electron chi connectivity index (χ3n) is 9.14. The van der Waals surface area contributed by atoms with Crippen LogP contribution in [0.15, 0.2) is 52.6 Å². The van der Waals surface area contributed by atoms with Crippen LogP contribution < -0.4 is 16.0 Å². The number of nitrogens with zero attached hydrogens (tertiary/aromatic N) is 6. The number of piperidine rings is 1. The van der Waals surface area contributed by atoms with Crippen molar-refractivity contribution in [2.75, 3.05) is 30.3 Å². The highest BCUT2D eigenvalue weighted by Gasteiger charge is 2.49. The molecular formula is C33H39ClN8O3S. The van der Waals surface area contributed by atoms with Crippen LogP contribution in [-0.2, 0) is 15.9 Å². The van der Waals surface area contributed by atoms with Gasteiger partial charge in [-0.3, -0.25) is 0 Å². The van der Waals surface area contributed by atoms with Gasteiger partial charge in [0.2, 0.25) is 0 Å². The van der Waals surface area contributed by atoms with E-state index >= 15 is 0 Å². The molecule has 0 bridgehead atoms. The number of carbonyl (C=O) groups is 1. The van der Waals surface area contributed by atoms with Crippen LogP contribution in [0, 0.1) is 5.41 Å². The Morgan fingerprint density at radius 3 is 2.74 bits per heavy atom. The molecule has 1 spiro atoms. The molecule has 3 N–H and O–H groups in total. The summed E-state index contributed by atoms with van der Waals surface area (Å²) in [5.74, 6) is 1.07. The third kappa shape index (κ3) is 5.98. The highest BCUT2D eigenvalue weighted by Crippen LogP contribution is 2.52. The van der Waals surface area contributed by atoms with Crippen LogP contribution in [-0.4, -0.2) is 56.1 Å². The van der Waals surface area contributed by atoms with E-state index in [2.05, 4.69) is 33.4 Å². The monoisotopic (exact) mass is 662 g/mol. The number of nitrogens with two attached hydrogens (primary N) is 1. The molecule has 2 saturated heterocycles. The fraction of sp³-hybridized carbons (Fsp3) is 0.485. The van der Waals surface area contributed by atoms with Crippen molar-refractivity contribution in [3.05, 3.63) is 58.9 Å². The second kappa shape index (κ2) is 12.2. The van der Waals surface area contributed by atoms with Crippen molar-refractivity contribution < 1.29 is 14.3 Å². The molecule has 0 radical (unpaired) electrons. The normalized spacial score (nSPS) is 21.0. The molecule has 2 atom stereocenters. The van der Waals surface area contributed by atoms with Crippen LogP contribution in [0.2, 0.25) is 5.02 Å². The minimum absolute atomic E-state index is 0.109. The van der Waals surface area contributed by atoms with E-state index in [1.165, 1.54) is 22.9 Å². The van der Waals surface area contributed by atoms with Gasteiger partial charge in [-0.1, -0.05) is 47.6 Å². The first kappa shape index (κ1) is 31.0. The highest BCUT2D eigenvalue weighted by molar-refractivity contribution is 7.99. The van der Waals surface area contributed by atoms with E-state index in [0.717, 1.165) is 62.3 Å². The number of rotatable bonds is 5. The largest absolute Gasteiger partial charge is 0.444 e. The number of hydrogen-bond donors (Lipinski definition) is 2.